The Balaban J connectivity index is 0.000000213. The number of ether oxygens (including phenoxy) is 2. The second kappa shape index (κ2) is 22.3. The molecular formula is C45H60Cl4N4O6S2. The fourth-order valence-electron chi connectivity index (χ4n) is 9.55. The van der Waals surface area contributed by atoms with Gasteiger partial charge in [0.1, 0.15) is 11.5 Å². The van der Waals surface area contributed by atoms with Gasteiger partial charge in [0.25, 0.3) is 9.05 Å². The number of aryl methyl sites for hydroxylation is 2. The van der Waals surface area contributed by atoms with Gasteiger partial charge < -0.3 is 15.2 Å². The molecule has 336 valence electrons. The molecule has 0 radical (unpaired) electrons. The van der Waals surface area contributed by atoms with Crippen molar-refractivity contribution in [3.05, 3.63) is 117 Å². The van der Waals surface area contributed by atoms with E-state index in [2.05, 4.69) is 50.9 Å². The molecule has 0 saturated heterocycles. The van der Waals surface area contributed by atoms with Crippen molar-refractivity contribution < 1.29 is 26.3 Å². The van der Waals surface area contributed by atoms with E-state index in [9.17, 15) is 16.8 Å². The monoisotopic (exact) mass is 956 g/mol. The summed E-state index contributed by atoms with van der Waals surface area (Å²) in [6, 6.07) is 24.6. The lowest BCUT2D eigenvalue weighted by Gasteiger charge is -2.35. The molecule has 2 unspecified atom stereocenters. The molecule has 10 nitrogen and oxygen atoms in total. The second-order valence-corrected chi connectivity index (χ2v) is 20.1. The van der Waals surface area contributed by atoms with Crippen molar-refractivity contribution >= 4 is 67.0 Å². The first kappa shape index (κ1) is 51.0. The topological polar surface area (TPSA) is 131 Å². The third-order valence-corrected chi connectivity index (χ3v) is 15.1. The molecule has 3 N–H and O–H groups in total. The maximum absolute atomic E-state index is 12.6. The van der Waals surface area contributed by atoms with Gasteiger partial charge in [0.15, 0.2) is 0 Å². The zero-order chi connectivity index (χ0) is 39.6. The smallest absolute Gasteiger partial charge is 0.261 e. The Morgan fingerprint density at radius 1 is 0.623 bits per heavy atom. The fourth-order valence-corrected chi connectivity index (χ4v) is 11.5. The Kier molecular flexibility index (Phi) is 18.7. The van der Waals surface area contributed by atoms with Crippen LogP contribution in [0.3, 0.4) is 0 Å². The highest BCUT2D eigenvalue weighted by Crippen LogP contribution is 2.42. The first-order chi connectivity index (χ1) is 27.6. The van der Waals surface area contributed by atoms with Crippen molar-refractivity contribution in [2.24, 2.45) is 5.73 Å². The van der Waals surface area contributed by atoms with Crippen LogP contribution < -0.4 is 19.9 Å². The molecule has 4 aromatic carbocycles. The molecule has 4 heterocycles. The van der Waals surface area contributed by atoms with Crippen LogP contribution in [-0.4, -0.2) is 79.1 Å². The van der Waals surface area contributed by atoms with E-state index in [-0.39, 0.29) is 49.5 Å². The Bertz CT molecular complexity index is 2340. The van der Waals surface area contributed by atoms with Gasteiger partial charge in [-0.05, 0) is 145 Å². The van der Waals surface area contributed by atoms with E-state index >= 15 is 0 Å². The Labute approximate surface area is 386 Å². The van der Waals surface area contributed by atoms with Gasteiger partial charge in [-0.1, -0.05) is 43.8 Å². The summed E-state index contributed by atoms with van der Waals surface area (Å²) in [6.07, 6.45) is 10.7. The van der Waals surface area contributed by atoms with Crippen LogP contribution in [0.4, 0.5) is 0 Å². The lowest BCUT2D eigenvalue weighted by atomic mass is 9.93. The number of nitrogens with zero attached hydrogens (tertiary/aromatic N) is 2. The SMILES string of the molecule is C.Cl.Cl.Cl.NCCCN1CCc2cccc3c2C1CC3.O=S(=O)(Cl)c1ccc2c(c1)CCO2.O=S(=O)(NCCCN1CCc2cccc3c2C1CC3)c1ccc2c(c1)CCO2. The lowest BCUT2D eigenvalue weighted by molar-refractivity contribution is 0.184. The second-order valence-electron chi connectivity index (χ2n) is 15.7. The summed E-state index contributed by atoms with van der Waals surface area (Å²) < 4.78 is 60.6. The van der Waals surface area contributed by atoms with Crippen molar-refractivity contribution in [3.8, 4) is 11.5 Å². The third kappa shape index (κ3) is 11.6. The van der Waals surface area contributed by atoms with Gasteiger partial charge in [-0.2, -0.15) is 0 Å². The molecule has 0 saturated carbocycles. The molecule has 4 aliphatic heterocycles. The summed E-state index contributed by atoms with van der Waals surface area (Å²) in [5.41, 5.74) is 16.9. The summed E-state index contributed by atoms with van der Waals surface area (Å²) in [5.74, 6) is 1.56. The predicted octanol–water partition coefficient (Wildman–Crippen LogP) is 8.17. The lowest BCUT2D eigenvalue weighted by Crippen LogP contribution is -2.36. The highest BCUT2D eigenvalue weighted by molar-refractivity contribution is 8.13. The van der Waals surface area contributed by atoms with Crippen LogP contribution in [0.5, 0.6) is 11.5 Å². The van der Waals surface area contributed by atoms with Gasteiger partial charge in [-0.15, -0.1) is 37.2 Å². The van der Waals surface area contributed by atoms with E-state index < -0.39 is 19.1 Å². The molecule has 4 aromatic rings. The maximum atomic E-state index is 12.6. The molecule has 0 amide bonds. The quantitative estimate of drug-likeness (QED) is 0.119. The van der Waals surface area contributed by atoms with Crippen molar-refractivity contribution in [2.75, 3.05) is 52.5 Å². The van der Waals surface area contributed by atoms with Gasteiger partial charge in [-0.3, -0.25) is 9.80 Å². The predicted molar refractivity (Wildman–Crippen MR) is 252 cm³/mol. The molecule has 61 heavy (non-hydrogen) atoms. The zero-order valence-electron chi connectivity index (χ0n) is 33.7. The Hall–Kier alpha value is -2.62. The van der Waals surface area contributed by atoms with E-state index in [4.69, 9.17) is 25.9 Å². The van der Waals surface area contributed by atoms with Crippen molar-refractivity contribution in [3.63, 3.8) is 0 Å². The van der Waals surface area contributed by atoms with E-state index in [1.807, 2.05) is 0 Å². The fraction of sp³-hybridized carbons (Fsp3) is 0.467. The molecule has 0 aromatic heterocycles. The number of nitrogens with one attached hydrogen (secondary N) is 1. The number of sulfonamides is 1. The van der Waals surface area contributed by atoms with Crippen LogP contribution in [0, 0.1) is 0 Å². The number of fused-ring (bicyclic) bond motifs is 2. The van der Waals surface area contributed by atoms with Crippen molar-refractivity contribution in [2.45, 2.75) is 93.5 Å². The van der Waals surface area contributed by atoms with Gasteiger partial charge in [0.2, 0.25) is 10.0 Å². The van der Waals surface area contributed by atoms with Crippen molar-refractivity contribution in [1.82, 2.24) is 14.5 Å². The van der Waals surface area contributed by atoms with Crippen LogP contribution in [-0.2, 0) is 57.6 Å². The summed E-state index contributed by atoms with van der Waals surface area (Å²) >= 11 is 0. The Morgan fingerprint density at radius 3 is 1.57 bits per heavy atom. The van der Waals surface area contributed by atoms with E-state index in [0.717, 1.165) is 74.4 Å². The number of halogens is 4. The molecule has 0 bridgehead atoms. The number of hydrogen-bond acceptors (Lipinski definition) is 9. The molecular weight excluding hydrogens is 898 g/mol. The Morgan fingerprint density at radius 2 is 1.08 bits per heavy atom. The summed E-state index contributed by atoms with van der Waals surface area (Å²) in [6.45, 7) is 6.92. The van der Waals surface area contributed by atoms with Gasteiger partial charge in [-0.25, -0.2) is 21.6 Å². The van der Waals surface area contributed by atoms with Gasteiger partial charge in [0, 0.05) is 61.8 Å². The largest absolute Gasteiger partial charge is 0.493 e. The molecule has 16 heteroatoms. The van der Waals surface area contributed by atoms with Crippen LogP contribution >= 0.6 is 47.9 Å². The zero-order valence-corrected chi connectivity index (χ0v) is 38.5. The van der Waals surface area contributed by atoms with Crippen LogP contribution in [0.1, 0.15) is 89.7 Å². The average Bonchev–Trinajstić information content (AvgIpc) is 4.05. The van der Waals surface area contributed by atoms with Crippen molar-refractivity contribution in [1.29, 1.82) is 0 Å². The number of benzene rings is 4. The molecule has 2 aliphatic carbocycles. The molecule has 10 rings (SSSR count). The summed E-state index contributed by atoms with van der Waals surface area (Å²) in [7, 11) is -1.88. The molecule has 0 fully saturated rings. The summed E-state index contributed by atoms with van der Waals surface area (Å²) in [5, 5.41) is 0. The number of nitrogens with two attached hydrogens (primary N) is 1. The first-order valence-electron chi connectivity index (χ1n) is 20.4. The normalized spacial score (nSPS) is 18.9. The highest BCUT2D eigenvalue weighted by atomic mass is 35.7. The number of hydrogen-bond donors (Lipinski definition) is 2. The van der Waals surface area contributed by atoms with E-state index in [1.165, 1.54) is 62.4 Å². The summed E-state index contributed by atoms with van der Waals surface area (Å²) in [4.78, 5) is 5.66. The van der Waals surface area contributed by atoms with E-state index in [1.54, 1.807) is 52.6 Å². The minimum atomic E-state index is -3.61. The average molecular weight is 959 g/mol. The minimum Gasteiger partial charge on any atom is -0.493 e. The molecule has 6 aliphatic rings. The minimum absolute atomic E-state index is 0. The van der Waals surface area contributed by atoms with Gasteiger partial charge in [0.05, 0.1) is 23.0 Å². The third-order valence-electron chi connectivity index (χ3n) is 12.3. The standard InChI is InChI=1S/C22H26N2O3S.C14H20N2.C8H7ClO3S.CH4.3ClH/c25-28(26,19-6-8-21-18(15-19)10-14-27-21)23-11-2-12-24-13-9-17-4-1-3-16-5-7-20(24)22(16)17;15-8-2-9-16-10-7-12-4-1-3-11-5-6-13(16)14(11)12;9-13(10,11)7-1-2-8-6(5-7)3-4-12-8;;;;/h1,3-4,6,8,15,20,23H,2,5,7,9-14H2;1,3-4,13H,2,5-10,15H2;1-2,5H,3-4H2;1H4;3*1H. The number of rotatable bonds is 10. The highest BCUT2D eigenvalue weighted by Gasteiger charge is 2.34. The molecule has 2 atom stereocenters. The van der Waals surface area contributed by atoms with Gasteiger partial charge >= 0.3 is 0 Å². The van der Waals surface area contributed by atoms with Crippen LogP contribution in [0.2, 0.25) is 0 Å². The maximum Gasteiger partial charge on any atom is 0.261 e. The molecule has 0 spiro atoms. The van der Waals surface area contributed by atoms with Crippen LogP contribution in [0.25, 0.3) is 0 Å². The van der Waals surface area contributed by atoms with Crippen LogP contribution in [0.15, 0.2) is 82.6 Å². The first-order valence-corrected chi connectivity index (χ1v) is 24.2. The van der Waals surface area contributed by atoms with E-state index in [0.29, 0.717) is 36.7 Å².